The highest BCUT2D eigenvalue weighted by atomic mass is 16.3. The second kappa shape index (κ2) is 5.37. The summed E-state index contributed by atoms with van der Waals surface area (Å²) in [6, 6.07) is 1.94. The number of aliphatic hydroxyl groups is 2. The molecule has 0 amide bonds. The fourth-order valence-corrected chi connectivity index (χ4v) is 3.82. The molecule has 0 unspecified atom stereocenters. The van der Waals surface area contributed by atoms with Gasteiger partial charge in [-0.1, -0.05) is 0 Å². The summed E-state index contributed by atoms with van der Waals surface area (Å²) in [4.78, 5) is 11.7. The van der Waals surface area contributed by atoms with Gasteiger partial charge in [-0.2, -0.15) is 5.10 Å². The SMILES string of the molecule is NCC1(n2cc(-c3ncnc4[nH]ccc34)cn2)CC(CO)(CO)C1. The Morgan fingerprint density at radius 1 is 1.25 bits per heavy atom. The second-order valence-corrected chi connectivity index (χ2v) is 6.73. The molecule has 1 aliphatic rings. The molecule has 5 N–H and O–H groups in total. The van der Waals surface area contributed by atoms with Gasteiger partial charge in [0.05, 0.1) is 30.6 Å². The van der Waals surface area contributed by atoms with Gasteiger partial charge in [-0.3, -0.25) is 4.68 Å². The van der Waals surface area contributed by atoms with E-state index in [9.17, 15) is 10.2 Å². The van der Waals surface area contributed by atoms with Gasteiger partial charge >= 0.3 is 0 Å². The summed E-state index contributed by atoms with van der Waals surface area (Å²) in [5.41, 5.74) is 7.65. The smallest absolute Gasteiger partial charge is 0.141 e. The van der Waals surface area contributed by atoms with E-state index in [0.29, 0.717) is 19.4 Å². The number of nitrogens with two attached hydrogens (primary N) is 1. The average Bonchev–Trinajstić information content (AvgIpc) is 3.25. The molecule has 0 atom stereocenters. The van der Waals surface area contributed by atoms with Gasteiger partial charge in [-0.05, 0) is 18.9 Å². The Hall–Kier alpha value is -2.29. The minimum atomic E-state index is -0.464. The van der Waals surface area contributed by atoms with Crippen LogP contribution in [-0.2, 0) is 5.54 Å². The van der Waals surface area contributed by atoms with Crippen LogP contribution in [0.15, 0.2) is 31.0 Å². The Kier molecular flexibility index (Phi) is 3.41. The first-order valence-corrected chi connectivity index (χ1v) is 7.91. The Morgan fingerprint density at radius 2 is 2.04 bits per heavy atom. The summed E-state index contributed by atoms with van der Waals surface area (Å²) in [6.45, 7) is 0.309. The lowest BCUT2D eigenvalue weighted by molar-refractivity contribution is -0.0975. The van der Waals surface area contributed by atoms with Crippen molar-refractivity contribution < 1.29 is 10.2 Å². The van der Waals surface area contributed by atoms with E-state index in [0.717, 1.165) is 22.3 Å². The maximum absolute atomic E-state index is 9.54. The Bertz CT molecular complexity index is 858. The number of hydrogen-bond donors (Lipinski definition) is 4. The molecule has 3 heterocycles. The van der Waals surface area contributed by atoms with E-state index in [1.54, 1.807) is 6.20 Å². The van der Waals surface area contributed by atoms with Crippen LogP contribution in [0, 0.1) is 5.41 Å². The summed E-state index contributed by atoms with van der Waals surface area (Å²) in [6.07, 6.45) is 8.26. The number of hydrogen-bond acceptors (Lipinski definition) is 6. The number of aromatic amines is 1. The van der Waals surface area contributed by atoms with Gasteiger partial charge in [0.25, 0.3) is 0 Å². The van der Waals surface area contributed by atoms with Crippen molar-refractivity contribution in [3.05, 3.63) is 31.0 Å². The van der Waals surface area contributed by atoms with Crippen molar-refractivity contribution in [2.75, 3.05) is 19.8 Å². The van der Waals surface area contributed by atoms with Crippen LogP contribution in [0.2, 0.25) is 0 Å². The third-order valence-electron chi connectivity index (χ3n) is 5.15. The fraction of sp³-hybridized carbons (Fsp3) is 0.438. The number of H-pyrrole nitrogens is 1. The van der Waals surface area contributed by atoms with E-state index in [2.05, 4.69) is 20.1 Å². The Labute approximate surface area is 138 Å². The molecule has 8 heteroatoms. The summed E-state index contributed by atoms with van der Waals surface area (Å²) in [5.74, 6) is 0. The lowest BCUT2D eigenvalue weighted by Gasteiger charge is -2.54. The largest absolute Gasteiger partial charge is 0.396 e. The van der Waals surface area contributed by atoms with Crippen molar-refractivity contribution in [1.29, 1.82) is 0 Å². The standard InChI is InChI=1S/C16H20N6O2/c17-7-16(5-15(6-16,8-23)9-24)22-4-11(3-21-22)13-12-1-2-18-14(12)20-10-19-13/h1-4,10,23-24H,5-9,17H2,(H,18,19,20). The molecule has 0 bridgehead atoms. The van der Waals surface area contributed by atoms with Crippen molar-refractivity contribution in [3.63, 3.8) is 0 Å². The molecule has 3 aromatic heterocycles. The van der Waals surface area contributed by atoms with Crippen LogP contribution in [0.25, 0.3) is 22.3 Å². The van der Waals surface area contributed by atoms with Crippen LogP contribution in [0.4, 0.5) is 0 Å². The summed E-state index contributed by atoms with van der Waals surface area (Å²) < 4.78 is 1.85. The molecule has 0 spiro atoms. The van der Waals surface area contributed by atoms with Gasteiger partial charge in [0.1, 0.15) is 12.0 Å². The first-order valence-electron chi connectivity index (χ1n) is 7.91. The highest BCUT2D eigenvalue weighted by molar-refractivity contribution is 5.89. The maximum atomic E-state index is 9.54. The number of fused-ring (bicyclic) bond motifs is 1. The van der Waals surface area contributed by atoms with Crippen molar-refractivity contribution in [2.45, 2.75) is 18.4 Å². The van der Waals surface area contributed by atoms with Crippen molar-refractivity contribution >= 4 is 11.0 Å². The van der Waals surface area contributed by atoms with E-state index in [1.165, 1.54) is 6.33 Å². The third kappa shape index (κ3) is 2.07. The van der Waals surface area contributed by atoms with Crippen LogP contribution in [0.1, 0.15) is 12.8 Å². The monoisotopic (exact) mass is 328 g/mol. The van der Waals surface area contributed by atoms with Crippen LogP contribution in [-0.4, -0.2) is 54.7 Å². The quantitative estimate of drug-likeness (QED) is 0.531. The van der Waals surface area contributed by atoms with E-state index >= 15 is 0 Å². The minimum absolute atomic E-state index is 0.0464. The van der Waals surface area contributed by atoms with Gasteiger partial charge in [-0.25, -0.2) is 9.97 Å². The zero-order valence-electron chi connectivity index (χ0n) is 13.2. The molecule has 4 rings (SSSR count). The average molecular weight is 328 g/mol. The predicted octanol–water partition coefficient (Wildman–Crippen LogP) is 0.240. The summed E-state index contributed by atoms with van der Waals surface area (Å²) >= 11 is 0. The van der Waals surface area contributed by atoms with Crippen molar-refractivity contribution in [1.82, 2.24) is 24.7 Å². The first kappa shape index (κ1) is 15.3. The molecule has 3 aromatic rings. The van der Waals surface area contributed by atoms with Crippen LogP contribution in [0.5, 0.6) is 0 Å². The van der Waals surface area contributed by atoms with E-state index in [1.807, 2.05) is 23.1 Å². The van der Waals surface area contributed by atoms with Gasteiger partial charge < -0.3 is 20.9 Å². The number of aromatic nitrogens is 5. The highest BCUT2D eigenvalue weighted by Crippen LogP contribution is 2.52. The van der Waals surface area contributed by atoms with Gasteiger partial charge in [0.2, 0.25) is 0 Å². The molecule has 1 fully saturated rings. The fourth-order valence-electron chi connectivity index (χ4n) is 3.82. The highest BCUT2D eigenvalue weighted by Gasteiger charge is 2.55. The number of rotatable bonds is 5. The Morgan fingerprint density at radius 3 is 2.75 bits per heavy atom. The van der Waals surface area contributed by atoms with Gasteiger partial charge in [0, 0.05) is 35.3 Å². The molecule has 1 aliphatic carbocycles. The molecular formula is C16H20N6O2. The Balaban J connectivity index is 1.69. The van der Waals surface area contributed by atoms with Gasteiger partial charge in [-0.15, -0.1) is 0 Å². The molecule has 8 nitrogen and oxygen atoms in total. The zero-order chi connectivity index (χ0) is 16.8. The van der Waals surface area contributed by atoms with Crippen LogP contribution >= 0.6 is 0 Å². The number of nitrogens with one attached hydrogen (secondary N) is 1. The van der Waals surface area contributed by atoms with E-state index in [4.69, 9.17) is 5.73 Å². The molecule has 0 saturated heterocycles. The number of nitrogens with zero attached hydrogens (tertiary/aromatic N) is 4. The molecule has 0 aromatic carbocycles. The number of aliphatic hydroxyl groups excluding tert-OH is 2. The van der Waals surface area contributed by atoms with Crippen LogP contribution in [0.3, 0.4) is 0 Å². The summed E-state index contributed by atoms with van der Waals surface area (Å²) in [5, 5.41) is 24.5. The molecular weight excluding hydrogens is 308 g/mol. The lowest BCUT2D eigenvalue weighted by atomic mass is 9.58. The predicted molar refractivity (Wildman–Crippen MR) is 88.0 cm³/mol. The molecule has 0 aliphatic heterocycles. The lowest BCUT2D eigenvalue weighted by Crippen LogP contribution is -2.60. The van der Waals surface area contributed by atoms with E-state index in [-0.39, 0.29) is 18.8 Å². The zero-order valence-corrected chi connectivity index (χ0v) is 13.2. The molecule has 24 heavy (non-hydrogen) atoms. The van der Waals surface area contributed by atoms with Crippen molar-refractivity contribution in [3.8, 4) is 11.3 Å². The third-order valence-corrected chi connectivity index (χ3v) is 5.15. The van der Waals surface area contributed by atoms with Crippen LogP contribution < -0.4 is 5.73 Å². The molecule has 1 saturated carbocycles. The second-order valence-electron chi connectivity index (χ2n) is 6.73. The van der Waals surface area contributed by atoms with E-state index < -0.39 is 5.41 Å². The van der Waals surface area contributed by atoms with Gasteiger partial charge in [0.15, 0.2) is 0 Å². The first-order chi connectivity index (χ1) is 11.7. The maximum Gasteiger partial charge on any atom is 0.141 e. The molecule has 126 valence electrons. The normalized spacial score (nSPS) is 18.6. The summed E-state index contributed by atoms with van der Waals surface area (Å²) in [7, 11) is 0. The minimum Gasteiger partial charge on any atom is -0.396 e. The van der Waals surface area contributed by atoms with Crippen molar-refractivity contribution in [2.24, 2.45) is 11.1 Å². The topological polar surface area (TPSA) is 126 Å². The molecule has 0 radical (unpaired) electrons.